The molecule has 152 valence electrons. The number of benzene rings is 3. The summed E-state index contributed by atoms with van der Waals surface area (Å²) >= 11 is 3.37. The van der Waals surface area contributed by atoms with Crippen molar-refractivity contribution in [1.82, 2.24) is 10.4 Å². The lowest BCUT2D eigenvalue weighted by atomic mass is 10.0. The van der Waals surface area contributed by atoms with Crippen LogP contribution in [-0.4, -0.2) is 30.9 Å². The summed E-state index contributed by atoms with van der Waals surface area (Å²) in [7, 11) is 3.94. The molecular weight excluding hydrogens is 444 g/mol. The van der Waals surface area contributed by atoms with Gasteiger partial charge in [-0.3, -0.25) is 15.0 Å². The first-order valence-corrected chi connectivity index (χ1v) is 10.3. The van der Waals surface area contributed by atoms with E-state index >= 15 is 0 Å². The van der Waals surface area contributed by atoms with Crippen molar-refractivity contribution in [2.45, 2.75) is 6.17 Å². The number of halogens is 1. The monoisotopic (exact) mass is 464 g/mol. The van der Waals surface area contributed by atoms with Crippen molar-refractivity contribution in [3.8, 4) is 0 Å². The van der Waals surface area contributed by atoms with E-state index in [1.165, 1.54) is 5.01 Å². The van der Waals surface area contributed by atoms with Crippen LogP contribution in [0.5, 0.6) is 0 Å². The molecule has 3 aromatic rings. The molecule has 0 spiro atoms. The number of carbonyl (C=O) groups excluding carboxylic acids is 2. The molecule has 4 rings (SSSR count). The molecule has 1 heterocycles. The van der Waals surface area contributed by atoms with E-state index in [9.17, 15) is 9.59 Å². The molecule has 1 aliphatic heterocycles. The van der Waals surface area contributed by atoms with Gasteiger partial charge >= 0.3 is 0 Å². The Bertz CT molecular complexity index is 1080. The van der Waals surface area contributed by atoms with Gasteiger partial charge in [-0.15, -0.1) is 0 Å². The lowest BCUT2D eigenvalue weighted by Crippen LogP contribution is -2.52. The Morgan fingerprint density at radius 3 is 2.33 bits per heavy atom. The minimum absolute atomic E-state index is 0.267. The van der Waals surface area contributed by atoms with Crippen molar-refractivity contribution in [3.63, 3.8) is 0 Å². The summed E-state index contributed by atoms with van der Waals surface area (Å²) in [5, 5.41) is 4.74. The summed E-state index contributed by atoms with van der Waals surface area (Å²) < 4.78 is 0.877. The van der Waals surface area contributed by atoms with E-state index in [2.05, 4.69) is 26.7 Å². The van der Waals surface area contributed by atoms with Crippen LogP contribution in [0, 0.1) is 0 Å². The van der Waals surface area contributed by atoms with Crippen molar-refractivity contribution in [3.05, 3.63) is 94.0 Å². The number of rotatable bonds is 4. The maximum atomic E-state index is 13.3. The topological polar surface area (TPSA) is 64.7 Å². The zero-order chi connectivity index (χ0) is 21.3. The number of carbonyl (C=O) groups is 2. The van der Waals surface area contributed by atoms with Crippen LogP contribution in [0.15, 0.2) is 77.3 Å². The zero-order valence-corrected chi connectivity index (χ0v) is 18.2. The molecule has 0 fully saturated rings. The number of hydrazine groups is 1. The van der Waals surface area contributed by atoms with E-state index in [1.807, 2.05) is 55.4 Å². The second kappa shape index (κ2) is 8.20. The highest BCUT2D eigenvalue weighted by molar-refractivity contribution is 9.10. The molecule has 0 bridgehead atoms. The first-order chi connectivity index (χ1) is 14.4. The molecule has 1 aliphatic rings. The third kappa shape index (κ3) is 3.89. The Hall–Kier alpha value is -3.32. The number of nitrogens with zero attached hydrogens (tertiary/aromatic N) is 2. The maximum Gasteiger partial charge on any atom is 0.276 e. The van der Waals surface area contributed by atoms with E-state index < -0.39 is 6.17 Å². The Kier molecular flexibility index (Phi) is 5.46. The molecule has 2 amide bonds. The zero-order valence-electron chi connectivity index (χ0n) is 16.6. The average molecular weight is 465 g/mol. The van der Waals surface area contributed by atoms with E-state index in [4.69, 9.17) is 0 Å². The van der Waals surface area contributed by atoms with Gasteiger partial charge in [-0.25, -0.2) is 5.01 Å². The average Bonchev–Trinajstić information content (AvgIpc) is 2.76. The van der Waals surface area contributed by atoms with Crippen LogP contribution in [-0.2, 0) is 0 Å². The summed E-state index contributed by atoms with van der Waals surface area (Å²) in [6.07, 6.45) is -0.539. The number of hydrogen-bond acceptors (Lipinski definition) is 4. The lowest BCUT2D eigenvalue weighted by Gasteiger charge is -2.37. The fraction of sp³-hybridized carbons (Fsp3) is 0.130. The summed E-state index contributed by atoms with van der Waals surface area (Å²) in [5.74, 6) is -0.622. The van der Waals surface area contributed by atoms with Crippen molar-refractivity contribution in [1.29, 1.82) is 0 Å². The van der Waals surface area contributed by atoms with Crippen LogP contribution in [0.4, 0.5) is 11.4 Å². The molecule has 0 saturated carbocycles. The van der Waals surface area contributed by atoms with E-state index in [1.54, 1.807) is 36.4 Å². The predicted octanol–water partition coefficient (Wildman–Crippen LogP) is 4.43. The fourth-order valence-corrected chi connectivity index (χ4v) is 3.60. The molecule has 0 aromatic heterocycles. The van der Waals surface area contributed by atoms with Crippen molar-refractivity contribution in [2.75, 3.05) is 24.3 Å². The Morgan fingerprint density at radius 1 is 1.00 bits per heavy atom. The van der Waals surface area contributed by atoms with Gasteiger partial charge in [0.05, 0.1) is 5.56 Å². The van der Waals surface area contributed by atoms with Crippen LogP contribution in [0.2, 0.25) is 0 Å². The standard InChI is InChI=1S/C23H21BrN4O2/c1-27(2)18-13-9-15(10-14-18)21-25-20-6-4-3-5-19(20)23(30)28(21)26-22(29)16-7-11-17(24)12-8-16/h3-14,21,25H,1-2H3,(H,26,29)/t21-/m1/s1. The predicted molar refractivity (Wildman–Crippen MR) is 121 cm³/mol. The Morgan fingerprint density at radius 2 is 1.67 bits per heavy atom. The van der Waals surface area contributed by atoms with Gasteiger partial charge in [-0.1, -0.05) is 40.2 Å². The molecule has 6 nitrogen and oxygen atoms in total. The van der Waals surface area contributed by atoms with Gasteiger partial charge in [0.1, 0.15) is 6.17 Å². The van der Waals surface area contributed by atoms with Crippen molar-refractivity contribution >= 4 is 39.1 Å². The molecule has 0 saturated heterocycles. The second-order valence-electron chi connectivity index (χ2n) is 7.20. The normalized spacial score (nSPS) is 15.2. The third-order valence-corrected chi connectivity index (χ3v) is 5.51. The molecule has 0 radical (unpaired) electrons. The minimum atomic E-state index is -0.539. The maximum absolute atomic E-state index is 13.3. The number of anilines is 2. The lowest BCUT2D eigenvalue weighted by molar-refractivity contribution is 0.0491. The number of nitrogens with one attached hydrogen (secondary N) is 2. The summed E-state index contributed by atoms with van der Waals surface area (Å²) in [6.45, 7) is 0. The number of hydrogen-bond donors (Lipinski definition) is 2. The molecule has 0 aliphatic carbocycles. The van der Waals surface area contributed by atoms with Gasteiger partial charge in [0.25, 0.3) is 11.8 Å². The highest BCUT2D eigenvalue weighted by Crippen LogP contribution is 2.32. The van der Waals surface area contributed by atoms with E-state index in [0.717, 1.165) is 21.4 Å². The first kappa shape index (κ1) is 20.0. The van der Waals surface area contributed by atoms with Crippen LogP contribution >= 0.6 is 15.9 Å². The summed E-state index contributed by atoms with van der Waals surface area (Å²) in [4.78, 5) is 28.1. The molecular formula is C23H21BrN4O2. The van der Waals surface area contributed by atoms with Crippen molar-refractivity contribution < 1.29 is 9.59 Å². The fourth-order valence-electron chi connectivity index (χ4n) is 3.33. The highest BCUT2D eigenvalue weighted by Gasteiger charge is 2.34. The SMILES string of the molecule is CN(C)c1ccc([C@@H]2Nc3ccccc3C(=O)N2NC(=O)c2ccc(Br)cc2)cc1. The third-order valence-electron chi connectivity index (χ3n) is 4.98. The molecule has 0 unspecified atom stereocenters. The molecule has 1 atom stereocenters. The van der Waals surface area contributed by atoms with Gasteiger partial charge in [0.2, 0.25) is 0 Å². The molecule has 3 aromatic carbocycles. The van der Waals surface area contributed by atoms with Gasteiger partial charge in [0, 0.05) is 35.5 Å². The smallest absolute Gasteiger partial charge is 0.276 e. The van der Waals surface area contributed by atoms with Crippen LogP contribution < -0.4 is 15.6 Å². The number of para-hydroxylation sites is 1. The van der Waals surface area contributed by atoms with E-state index in [0.29, 0.717) is 11.1 Å². The van der Waals surface area contributed by atoms with E-state index in [-0.39, 0.29) is 11.8 Å². The van der Waals surface area contributed by atoms with Crippen LogP contribution in [0.25, 0.3) is 0 Å². The first-order valence-electron chi connectivity index (χ1n) is 9.47. The van der Waals surface area contributed by atoms with Crippen LogP contribution in [0.1, 0.15) is 32.4 Å². The quantitative estimate of drug-likeness (QED) is 0.599. The van der Waals surface area contributed by atoms with Gasteiger partial charge in [-0.2, -0.15) is 0 Å². The molecule has 2 N–H and O–H groups in total. The molecule has 7 heteroatoms. The number of fused-ring (bicyclic) bond motifs is 1. The molecule has 30 heavy (non-hydrogen) atoms. The van der Waals surface area contributed by atoms with Gasteiger partial charge in [-0.05, 0) is 54.1 Å². The summed E-state index contributed by atoms with van der Waals surface area (Å²) in [5.41, 5.74) is 6.40. The largest absolute Gasteiger partial charge is 0.378 e. The van der Waals surface area contributed by atoms with Gasteiger partial charge in [0.15, 0.2) is 0 Å². The highest BCUT2D eigenvalue weighted by atomic mass is 79.9. The van der Waals surface area contributed by atoms with Gasteiger partial charge < -0.3 is 10.2 Å². The Labute approximate surface area is 183 Å². The summed E-state index contributed by atoms with van der Waals surface area (Å²) in [6, 6.07) is 22.1. The second-order valence-corrected chi connectivity index (χ2v) is 8.12. The Balaban J connectivity index is 1.69. The van der Waals surface area contributed by atoms with Crippen molar-refractivity contribution in [2.24, 2.45) is 0 Å². The van der Waals surface area contributed by atoms with Crippen LogP contribution in [0.3, 0.4) is 0 Å². The minimum Gasteiger partial charge on any atom is -0.378 e. The number of amides is 2.